The van der Waals surface area contributed by atoms with Gasteiger partial charge in [-0.15, -0.1) is 11.3 Å². The van der Waals surface area contributed by atoms with Crippen molar-refractivity contribution >= 4 is 17.4 Å². The van der Waals surface area contributed by atoms with Crippen LogP contribution < -0.4 is 0 Å². The van der Waals surface area contributed by atoms with Crippen molar-refractivity contribution < 1.29 is 19.4 Å². The van der Waals surface area contributed by atoms with Crippen LogP contribution in [0.1, 0.15) is 35.1 Å². The van der Waals surface area contributed by atoms with Gasteiger partial charge in [-0.05, 0) is 31.4 Å². The van der Waals surface area contributed by atoms with Crippen molar-refractivity contribution in [2.45, 2.75) is 44.4 Å². The third-order valence-electron chi connectivity index (χ3n) is 4.47. The summed E-state index contributed by atoms with van der Waals surface area (Å²) in [5.41, 5.74) is 1.06. The Morgan fingerprint density at radius 2 is 2.48 bits per heavy atom. The van der Waals surface area contributed by atoms with Crippen LogP contribution >= 0.6 is 11.3 Å². The number of nitrogens with zero attached hydrogens (tertiary/aromatic N) is 1. The summed E-state index contributed by atoms with van der Waals surface area (Å²) in [6.07, 6.45) is 1.58. The number of thiophene rings is 1. The number of carbonyl (C=O) groups is 1. The molecule has 1 saturated heterocycles. The van der Waals surface area contributed by atoms with Gasteiger partial charge in [-0.2, -0.15) is 0 Å². The Kier molecular flexibility index (Phi) is 3.94. The largest absolute Gasteiger partial charge is 0.465 e. The quantitative estimate of drug-likeness (QED) is 0.912. The number of hydrogen-bond donors (Lipinski definition) is 1. The number of piperidine rings is 1. The smallest absolute Gasteiger partial charge is 0.407 e. The number of hydrogen-bond acceptors (Lipinski definition) is 4. The first-order chi connectivity index (χ1) is 10.1. The molecule has 0 unspecified atom stereocenters. The number of fused-ring (bicyclic) bond motifs is 2. The van der Waals surface area contributed by atoms with E-state index in [9.17, 15) is 9.90 Å². The molecule has 1 N–H and O–H groups in total. The van der Waals surface area contributed by atoms with Gasteiger partial charge in [0.15, 0.2) is 0 Å². The van der Waals surface area contributed by atoms with E-state index >= 15 is 0 Å². The van der Waals surface area contributed by atoms with Gasteiger partial charge in [0.25, 0.3) is 0 Å². The summed E-state index contributed by atoms with van der Waals surface area (Å²) >= 11 is 1.76. The summed E-state index contributed by atoms with van der Waals surface area (Å²) in [7, 11) is 1.71. The number of carboxylic acid groups (broad SMARTS) is 1. The lowest BCUT2D eigenvalue weighted by Crippen LogP contribution is -2.51. The average molecular weight is 311 g/mol. The summed E-state index contributed by atoms with van der Waals surface area (Å²) in [6, 6.07) is 2.21. The first-order valence-electron chi connectivity index (χ1n) is 7.30. The first-order valence-corrected chi connectivity index (χ1v) is 8.12. The monoisotopic (exact) mass is 311 g/mol. The Hall–Kier alpha value is -1.11. The minimum atomic E-state index is -0.834. The predicted molar refractivity (Wildman–Crippen MR) is 79.8 cm³/mol. The van der Waals surface area contributed by atoms with Crippen molar-refractivity contribution in [2.75, 3.05) is 20.3 Å². The minimum absolute atomic E-state index is 0.0184. The summed E-state index contributed by atoms with van der Waals surface area (Å²) < 4.78 is 11.4. The van der Waals surface area contributed by atoms with E-state index in [0.29, 0.717) is 13.2 Å². The second kappa shape index (κ2) is 5.59. The molecule has 1 amide bonds. The summed E-state index contributed by atoms with van der Waals surface area (Å²) in [5.74, 6) is 0. The minimum Gasteiger partial charge on any atom is -0.465 e. The number of amides is 1. The molecule has 1 fully saturated rings. The first kappa shape index (κ1) is 14.8. The summed E-state index contributed by atoms with van der Waals surface area (Å²) in [6.45, 7) is 3.85. The van der Waals surface area contributed by atoms with Crippen LogP contribution in [0.3, 0.4) is 0 Å². The third kappa shape index (κ3) is 2.56. The Balaban J connectivity index is 1.89. The standard InChI is InChI=1S/C15H21NO4S/c1-10-8-15(4-5-16(10)14(17)18)13-11(3-6-20-15)7-12(21-13)9-19-2/h7,10H,3-6,8-9H2,1-2H3,(H,17,18)/t10-,15+/m0/s1. The molecule has 2 aliphatic heterocycles. The Labute approximate surface area is 128 Å². The number of rotatable bonds is 2. The molecule has 6 heteroatoms. The fourth-order valence-electron chi connectivity index (χ4n) is 3.52. The zero-order valence-electron chi connectivity index (χ0n) is 12.4. The molecule has 3 heterocycles. The van der Waals surface area contributed by atoms with Gasteiger partial charge in [-0.1, -0.05) is 0 Å². The average Bonchev–Trinajstić information content (AvgIpc) is 2.83. The van der Waals surface area contributed by atoms with E-state index in [-0.39, 0.29) is 11.6 Å². The van der Waals surface area contributed by atoms with Gasteiger partial charge < -0.3 is 19.5 Å². The van der Waals surface area contributed by atoms with Crippen molar-refractivity contribution in [1.29, 1.82) is 0 Å². The van der Waals surface area contributed by atoms with Crippen LogP contribution in [-0.4, -0.2) is 42.4 Å². The zero-order chi connectivity index (χ0) is 15.0. The molecule has 21 heavy (non-hydrogen) atoms. The highest BCUT2D eigenvalue weighted by molar-refractivity contribution is 7.12. The molecule has 1 aromatic heterocycles. The number of likely N-dealkylation sites (tertiary alicyclic amines) is 1. The maximum absolute atomic E-state index is 11.2. The van der Waals surface area contributed by atoms with Gasteiger partial charge in [-0.25, -0.2) is 4.79 Å². The second-order valence-corrected chi connectivity index (χ2v) is 7.01. The molecule has 0 saturated carbocycles. The molecular formula is C15H21NO4S. The Morgan fingerprint density at radius 1 is 1.67 bits per heavy atom. The van der Waals surface area contributed by atoms with E-state index in [1.807, 2.05) is 6.92 Å². The topological polar surface area (TPSA) is 59.0 Å². The lowest BCUT2D eigenvalue weighted by Gasteiger charge is -2.46. The van der Waals surface area contributed by atoms with E-state index in [4.69, 9.17) is 9.47 Å². The fourth-order valence-corrected chi connectivity index (χ4v) is 4.89. The molecule has 5 nitrogen and oxygen atoms in total. The molecular weight excluding hydrogens is 290 g/mol. The maximum atomic E-state index is 11.2. The van der Waals surface area contributed by atoms with Crippen molar-refractivity contribution in [3.05, 3.63) is 21.4 Å². The van der Waals surface area contributed by atoms with Crippen LogP contribution in [0.5, 0.6) is 0 Å². The van der Waals surface area contributed by atoms with E-state index < -0.39 is 6.09 Å². The Bertz CT molecular complexity index is 544. The predicted octanol–water partition coefficient (Wildman–Crippen LogP) is 2.82. The van der Waals surface area contributed by atoms with E-state index in [2.05, 4.69) is 6.07 Å². The molecule has 1 aromatic rings. The van der Waals surface area contributed by atoms with Gasteiger partial charge in [0.2, 0.25) is 0 Å². The third-order valence-corrected chi connectivity index (χ3v) is 5.81. The van der Waals surface area contributed by atoms with Crippen molar-refractivity contribution in [1.82, 2.24) is 4.90 Å². The summed E-state index contributed by atoms with van der Waals surface area (Å²) in [4.78, 5) is 15.3. The number of ether oxygens (including phenoxy) is 2. The highest BCUT2D eigenvalue weighted by Gasteiger charge is 2.45. The second-order valence-electron chi connectivity index (χ2n) is 5.87. The molecule has 0 bridgehead atoms. The van der Waals surface area contributed by atoms with E-state index in [0.717, 1.165) is 25.9 Å². The van der Waals surface area contributed by atoms with Crippen LogP contribution in [0, 0.1) is 0 Å². The Morgan fingerprint density at radius 3 is 3.14 bits per heavy atom. The lowest BCUT2D eigenvalue weighted by molar-refractivity contribution is -0.104. The highest BCUT2D eigenvalue weighted by atomic mass is 32.1. The maximum Gasteiger partial charge on any atom is 0.407 e. The van der Waals surface area contributed by atoms with Crippen LogP contribution in [0.25, 0.3) is 0 Å². The van der Waals surface area contributed by atoms with Crippen LogP contribution in [0.15, 0.2) is 6.07 Å². The number of methoxy groups -OCH3 is 1. The molecule has 0 aromatic carbocycles. The fraction of sp³-hybridized carbons (Fsp3) is 0.667. The van der Waals surface area contributed by atoms with Gasteiger partial charge in [0.1, 0.15) is 5.60 Å². The SMILES string of the molecule is COCc1cc2c(s1)[C@]1(CCN(C(=O)O)[C@@H](C)C1)OCC2. The molecule has 2 aliphatic rings. The van der Waals surface area contributed by atoms with Crippen molar-refractivity contribution in [3.8, 4) is 0 Å². The van der Waals surface area contributed by atoms with Gasteiger partial charge in [-0.3, -0.25) is 0 Å². The van der Waals surface area contributed by atoms with Gasteiger partial charge in [0, 0.05) is 35.9 Å². The van der Waals surface area contributed by atoms with Crippen molar-refractivity contribution in [2.24, 2.45) is 0 Å². The molecule has 3 rings (SSSR count). The van der Waals surface area contributed by atoms with Crippen LogP contribution in [0.2, 0.25) is 0 Å². The van der Waals surface area contributed by atoms with Crippen LogP contribution in [-0.2, 0) is 28.1 Å². The molecule has 2 atom stereocenters. The van der Waals surface area contributed by atoms with E-state index in [1.165, 1.54) is 20.2 Å². The molecule has 0 aliphatic carbocycles. The highest BCUT2D eigenvalue weighted by Crippen LogP contribution is 2.47. The summed E-state index contributed by atoms with van der Waals surface area (Å²) in [5, 5.41) is 9.24. The molecule has 116 valence electrons. The van der Waals surface area contributed by atoms with Gasteiger partial charge in [0.05, 0.1) is 13.2 Å². The van der Waals surface area contributed by atoms with Gasteiger partial charge >= 0.3 is 6.09 Å². The normalized spacial score (nSPS) is 28.7. The lowest BCUT2D eigenvalue weighted by atomic mass is 9.82. The van der Waals surface area contributed by atoms with Crippen molar-refractivity contribution in [3.63, 3.8) is 0 Å². The van der Waals surface area contributed by atoms with E-state index in [1.54, 1.807) is 18.4 Å². The zero-order valence-corrected chi connectivity index (χ0v) is 13.2. The molecule has 1 spiro atoms. The molecule has 0 radical (unpaired) electrons. The van der Waals surface area contributed by atoms with Crippen LogP contribution in [0.4, 0.5) is 4.79 Å².